The number of benzene rings is 1. The second kappa shape index (κ2) is 3.85. The topological polar surface area (TPSA) is 17.1 Å². The molecule has 78 valence electrons. The number of thiophene rings is 2. The molecule has 0 aliphatic heterocycles. The second-order valence-electron chi connectivity index (χ2n) is 3.50. The molecule has 3 aromatic rings. The summed E-state index contributed by atoms with van der Waals surface area (Å²) in [6.07, 6.45) is 0.919. The van der Waals surface area contributed by atoms with Gasteiger partial charge < -0.3 is 0 Å². The number of rotatable bonds is 2. The van der Waals surface area contributed by atoms with Gasteiger partial charge in [0, 0.05) is 10.1 Å². The molecule has 16 heavy (non-hydrogen) atoms. The lowest BCUT2D eigenvalue weighted by molar-refractivity contribution is 0.112. The van der Waals surface area contributed by atoms with E-state index in [0.717, 1.165) is 11.2 Å². The van der Waals surface area contributed by atoms with Gasteiger partial charge in [-0.2, -0.15) is 11.3 Å². The van der Waals surface area contributed by atoms with Gasteiger partial charge in [0.05, 0.1) is 4.88 Å². The van der Waals surface area contributed by atoms with Gasteiger partial charge >= 0.3 is 0 Å². The second-order valence-corrected chi connectivity index (χ2v) is 5.39. The van der Waals surface area contributed by atoms with E-state index in [2.05, 4.69) is 29.0 Å². The smallest absolute Gasteiger partial charge is 0.160 e. The van der Waals surface area contributed by atoms with Crippen molar-refractivity contribution >= 4 is 39.0 Å². The van der Waals surface area contributed by atoms with Crippen LogP contribution in [0.4, 0.5) is 0 Å². The largest absolute Gasteiger partial charge is 0.297 e. The normalized spacial score (nSPS) is 10.8. The van der Waals surface area contributed by atoms with E-state index in [-0.39, 0.29) is 0 Å². The Kier molecular flexibility index (Phi) is 2.35. The van der Waals surface area contributed by atoms with Gasteiger partial charge in [-0.05, 0) is 40.1 Å². The number of hydrogen-bond acceptors (Lipinski definition) is 3. The Morgan fingerprint density at radius 1 is 1.19 bits per heavy atom. The first-order chi connectivity index (χ1) is 7.88. The van der Waals surface area contributed by atoms with Gasteiger partial charge in [0.15, 0.2) is 6.29 Å². The van der Waals surface area contributed by atoms with Crippen molar-refractivity contribution in [2.24, 2.45) is 0 Å². The third-order valence-corrected chi connectivity index (χ3v) is 4.24. The summed E-state index contributed by atoms with van der Waals surface area (Å²) in [6, 6.07) is 10.3. The molecule has 0 atom stereocenters. The lowest BCUT2D eigenvalue weighted by Gasteiger charge is -1.99. The number of carbonyl (C=O) groups excluding carboxylic acids is 1. The van der Waals surface area contributed by atoms with Crippen LogP contribution in [0.5, 0.6) is 0 Å². The van der Waals surface area contributed by atoms with Crippen LogP contribution >= 0.6 is 22.7 Å². The summed E-state index contributed by atoms with van der Waals surface area (Å²) < 4.78 is 1.17. The van der Waals surface area contributed by atoms with Crippen LogP contribution in [-0.4, -0.2) is 6.29 Å². The van der Waals surface area contributed by atoms with E-state index in [1.165, 1.54) is 21.2 Å². The van der Waals surface area contributed by atoms with Gasteiger partial charge in [0.25, 0.3) is 0 Å². The Morgan fingerprint density at radius 2 is 2.12 bits per heavy atom. The average Bonchev–Trinajstić information content (AvgIpc) is 2.97. The zero-order valence-electron chi connectivity index (χ0n) is 8.34. The van der Waals surface area contributed by atoms with Crippen molar-refractivity contribution < 1.29 is 4.79 Å². The fraction of sp³-hybridized carbons (Fsp3) is 0. The zero-order valence-corrected chi connectivity index (χ0v) is 9.98. The van der Waals surface area contributed by atoms with Crippen LogP contribution in [0.1, 0.15) is 9.67 Å². The SMILES string of the molecule is O=Cc1cc2c(-c3ccsc3)cccc2s1. The molecule has 1 nitrogen and oxygen atoms in total. The maximum atomic E-state index is 10.8. The highest BCUT2D eigenvalue weighted by molar-refractivity contribution is 7.20. The minimum absolute atomic E-state index is 0.790. The monoisotopic (exact) mass is 244 g/mol. The molecule has 0 radical (unpaired) electrons. The van der Waals surface area contributed by atoms with E-state index >= 15 is 0 Å². The molecule has 0 saturated heterocycles. The van der Waals surface area contributed by atoms with Gasteiger partial charge in [0.1, 0.15) is 0 Å². The summed E-state index contributed by atoms with van der Waals surface area (Å²) in [7, 11) is 0. The molecule has 0 saturated carbocycles. The first-order valence-electron chi connectivity index (χ1n) is 4.89. The van der Waals surface area contributed by atoms with Crippen LogP contribution in [0, 0.1) is 0 Å². The molecule has 0 fully saturated rings. The Hall–Kier alpha value is -1.45. The molecule has 3 rings (SSSR count). The molecule has 2 heterocycles. The van der Waals surface area contributed by atoms with Crippen LogP contribution in [0.3, 0.4) is 0 Å². The summed E-state index contributed by atoms with van der Waals surface area (Å²) in [6.45, 7) is 0. The maximum absolute atomic E-state index is 10.8. The predicted octanol–water partition coefficient (Wildman–Crippen LogP) is 4.44. The summed E-state index contributed by atoms with van der Waals surface area (Å²) in [5.41, 5.74) is 2.44. The Bertz CT molecular complexity index is 635. The molecule has 0 amide bonds. The van der Waals surface area contributed by atoms with Crippen molar-refractivity contribution in [2.75, 3.05) is 0 Å². The van der Waals surface area contributed by atoms with Crippen molar-refractivity contribution in [1.82, 2.24) is 0 Å². The summed E-state index contributed by atoms with van der Waals surface area (Å²) in [5.74, 6) is 0. The fourth-order valence-corrected chi connectivity index (χ4v) is 3.37. The van der Waals surface area contributed by atoms with Gasteiger partial charge in [-0.15, -0.1) is 11.3 Å². The molecule has 0 aliphatic carbocycles. The minimum atomic E-state index is 0.790. The van der Waals surface area contributed by atoms with Crippen LogP contribution in [0.2, 0.25) is 0 Å². The van der Waals surface area contributed by atoms with E-state index < -0.39 is 0 Å². The van der Waals surface area contributed by atoms with Crippen molar-refractivity contribution in [2.45, 2.75) is 0 Å². The Balaban J connectivity index is 2.32. The van der Waals surface area contributed by atoms with Gasteiger partial charge in [-0.3, -0.25) is 4.79 Å². The van der Waals surface area contributed by atoms with Crippen LogP contribution in [0.15, 0.2) is 41.1 Å². The van der Waals surface area contributed by atoms with Crippen LogP contribution < -0.4 is 0 Å². The van der Waals surface area contributed by atoms with Gasteiger partial charge in [-0.1, -0.05) is 12.1 Å². The molecule has 0 spiro atoms. The molecular weight excluding hydrogens is 236 g/mol. The third kappa shape index (κ3) is 1.49. The third-order valence-electron chi connectivity index (χ3n) is 2.53. The first kappa shape index (κ1) is 9.75. The molecule has 0 bridgehead atoms. The summed E-state index contributed by atoms with van der Waals surface area (Å²) in [4.78, 5) is 11.6. The lowest BCUT2D eigenvalue weighted by atomic mass is 10.1. The zero-order chi connectivity index (χ0) is 11.0. The van der Waals surface area contributed by atoms with Crippen molar-refractivity contribution in [3.05, 3.63) is 46.0 Å². The van der Waals surface area contributed by atoms with Crippen molar-refractivity contribution in [3.63, 3.8) is 0 Å². The minimum Gasteiger partial charge on any atom is -0.297 e. The van der Waals surface area contributed by atoms with E-state index in [1.807, 2.05) is 12.1 Å². The van der Waals surface area contributed by atoms with Crippen molar-refractivity contribution in [3.8, 4) is 11.1 Å². The number of carbonyl (C=O) groups is 1. The highest BCUT2D eigenvalue weighted by Crippen LogP contribution is 2.34. The quantitative estimate of drug-likeness (QED) is 0.609. The van der Waals surface area contributed by atoms with Crippen LogP contribution in [0.25, 0.3) is 21.2 Å². The van der Waals surface area contributed by atoms with Gasteiger partial charge in [0.2, 0.25) is 0 Å². The van der Waals surface area contributed by atoms with Gasteiger partial charge in [-0.25, -0.2) is 0 Å². The highest BCUT2D eigenvalue weighted by atomic mass is 32.1. The Morgan fingerprint density at radius 3 is 2.88 bits per heavy atom. The average molecular weight is 244 g/mol. The number of fused-ring (bicyclic) bond motifs is 1. The lowest BCUT2D eigenvalue weighted by Crippen LogP contribution is -1.73. The van der Waals surface area contributed by atoms with E-state index in [9.17, 15) is 4.79 Å². The molecule has 0 unspecified atom stereocenters. The predicted molar refractivity (Wildman–Crippen MR) is 70.5 cm³/mol. The molecule has 1 aromatic carbocycles. The molecular formula is C13H8OS2. The molecule has 0 N–H and O–H groups in total. The van der Waals surface area contributed by atoms with Crippen molar-refractivity contribution in [1.29, 1.82) is 0 Å². The van der Waals surface area contributed by atoms with Crippen LogP contribution in [-0.2, 0) is 0 Å². The Labute approximate surface area is 101 Å². The number of hydrogen-bond donors (Lipinski definition) is 0. The summed E-state index contributed by atoms with van der Waals surface area (Å²) >= 11 is 3.23. The highest BCUT2D eigenvalue weighted by Gasteiger charge is 2.07. The molecule has 2 aromatic heterocycles. The van der Waals surface area contributed by atoms with E-state index in [0.29, 0.717) is 0 Å². The first-order valence-corrected chi connectivity index (χ1v) is 6.65. The van der Waals surface area contributed by atoms with E-state index in [1.54, 1.807) is 22.7 Å². The fourth-order valence-electron chi connectivity index (χ4n) is 1.81. The molecule has 3 heteroatoms. The maximum Gasteiger partial charge on any atom is 0.160 e. The number of aldehydes is 1. The standard InChI is InChI=1S/C13H8OS2/c14-7-10-6-12-11(9-4-5-15-8-9)2-1-3-13(12)16-10/h1-8H. The molecule has 0 aliphatic rings. The summed E-state index contributed by atoms with van der Waals surface area (Å²) in [5, 5.41) is 5.38. The van der Waals surface area contributed by atoms with E-state index in [4.69, 9.17) is 0 Å².